The average Bonchev–Trinajstić information content (AvgIpc) is 3.13. The highest BCUT2D eigenvalue weighted by molar-refractivity contribution is 7.93. The Balaban J connectivity index is 1.78. The van der Waals surface area contributed by atoms with Gasteiger partial charge in [-0.1, -0.05) is 48.5 Å². The molecule has 5 heteroatoms. The number of benzene rings is 2. The van der Waals surface area contributed by atoms with Crippen LogP contribution in [0.25, 0.3) is 0 Å². The molecule has 1 heterocycles. The van der Waals surface area contributed by atoms with E-state index in [4.69, 9.17) is 4.74 Å². The molecular weight excluding hydrogens is 360 g/mol. The van der Waals surface area contributed by atoms with Crippen LogP contribution in [0.3, 0.4) is 0 Å². The third kappa shape index (κ3) is 2.92. The summed E-state index contributed by atoms with van der Waals surface area (Å²) in [4.78, 5) is 12.4. The lowest BCUT2D eigenvalue weighted by molar-refractivity contribution is -0.135. The summed E-state index contributed by atoms with van der Waals surface area (Å²) in [5.41, 5.74) is 1.73. The van der Waals surface area contributed by atoms with Crippen LogP contribution in [0.1, 0.15) is 24.8 Å². The summed E-state index contributed by atoms with van der Waals surface area (Å²) in [5.74, 6) is -0.230. The molecule has 0 saturated heterocycles. The Morgan fingerprint density at radius 1 is 0.926 bits per heavy atom. The first-order chi connectivity index (χ1) is 13.0. The lowest BCUT2D eigenvalue weighted by Crippen LogP contribution is -2.44. The van der Waals surface area contributed by atoms with Gasteiger partial charge in [0.1, 0.15) is 5.76 Å². The van der Waals surface area contributed by atoms with E-state index in [0.29, 0.717) is 31.3 Å². The van der Waals surface area contributed by atoms with Gasteiger partial charge in [-0.25, -0.2) is 13.2 Å². The maximum Gasteiger partial charge on any atom is 0.335 e. The minimum Gasteiger partial charge on any atom is -0.426 e. The molecular formula is C22H20O4S. The van der Waals surface area contributed by atoms with Crippen LogP contribution >= 0.6 is 0 Å². The van der Waals surface area contributed by atoms with Gasteiger partial charge in [-0.3, -0.25) is 0 Å². The molecule has 1 aliphatic heterocycles. The summed E-state index contributed by atoms with van der Waals surface area (Å²) in [6.07, 6.45) is 5.24. The van der Waals surface area contributed by atoms with Gasteiger partial charge in [0.25, 0.3) is 0 Å². The second-order valence-electron chi connectivity index (χ2n) is 6.83. The quantitative estimate of drug-likeness (QED) is 0.736. The summed E-state index contributed by atoms with van der Waals surface area (Å²) in [6, 6.07) is 18.3. The Kier molecular flexibility index (Phi) is 4.48. The fourth-order valence-electron chi connectivity index (χ4n) is 3.97. The number of carbonyl (C=O) groups is 1. The zero-order valence-electron chi connectivity index (χ0n) is 14.8. The molecule has 0 N–H and O–H groups in total. The van der Waals surface area contributed by atoms with Crippen molar-refractivity contribution in [3.63, 3.8) is 0 Å². The number of hydrogen-bond acceptors (Lipinski definition) is 4. The van der Waals surface area contributed by atoms with Gasteiger partial charge in [0.2, 0.25) is 0 Å². The summed E-state index contributed by atoms with van der Waals surface area (Å²) >= 11 is 0. The van der Waals surface area contributed by atoms with Crippen molar-refractivity contribution in [2.24, 2.45) is 0 Å². The number of allylic oxidation sites excluding steroid dienone is 1. The number of fused-ring (bicyclic) bond motifs is 1. The summed E-state index contributed by atoms with van der Waals surface area (Å²) in [6.45, 7) is 0. The molecule has 0 saturated carbocycles. The van der Waals surface area contributed by atoms with Crippen LogP contribution in [0, 0.1) is 0 Å². The third-order valence-corrected chi connectivity index (χ3v) is 7.76. The molecule has 0 fully saturated rings. The molecule has 4 nitrogen and oxygen atoms in total. The summed E-state index contributed by atoms with van der Waals surface area (Å²) in [5, 5.41) is 0. The average molecular weight is 380 g/mol. The van der Waals surface area contributed by atoms with Gasteiger partial charge in [-0.05, 0) is 55.0 Å². The monoisotopic (exact) mass is 380 g/mol. The van der Waals surface area contributed by atoms with E-state index in [1.807, 2.05) is 30.3 Å². The Hall–Kier alpha value is -2.66. The van der Waals surface area contributed by atoms with Gasteiger partial charge in [-0.2, -0.15) is 0 Å². The number of hydrogen-bond donors (Lipinski definition) is 0. The van der Waals surface area contributed by atoms with E-state index in [-0.39, 0.29) is 10.7 Å². The highest BCUT2D eigenvalue weighted by Crippen LogP contribution is 2.50. The molecule has 1 aliphatic carbocycles. The van der Waals surface area contributed by atoms with Gasteiger partial charge >= 0.3 is 5.97 Å². The van der Waals surface area contributed by atoms with Crippen LogP contribution in [-0.2, 0) is 25.8 Å². The number of sulfone groups is 1. The van der Waals surface area contributed by atoms with Crippen LogP contribution in [-0.4, -0.2) is 19.1 Å². The van der Waals surface area contributed by atoms with Gasteiger partial charge in [0, 0.05) is 6.08 Å². The van der Waals surface area contributed by atoms with E-state index in [1.165, 1.54) is 6.08 Å². The zero-order valence-corrected chi connectivity index (χ0v) is 15.6. The van der Waals surface area contributed by atoms with Gasteiger partial charge in [0.15, 0.2) is 14.6 Å². The van der Waals surface area contributed by atoms with Crippen LogP contribution in [0.5, 0.6) is 0 Å². The minimum atomic E-state index is -3.75. The van der Waals surface area contributed by atoms with Crippen molar-refractivity contribution in [1.82, 2.24) is 0 Å². The number of aryl methyl sites for hydroxylation is 1. The SMILES string of the molecule is O=C1C=C(CCc2ccccc2)C2(S(=O)(=O)c3ccccc3)CCC=C2O1. The first-order valence-corrected chi connectivity index (χ1v) is 10.5. The normalized spacial score (nSPS) is 21.9. The molecule has 1 atom stereocenters. The van der Waals surface area contributed by atoms with Crippen molar-refractivity contribution in [2.45, 2.75) is 35.3 Å². The lowest BCUT2D eigenvalue weighted by atomic mass is 9.89. The van der Waals surface area contributed by atoms with E-state index >= 15 is 0 Å². The first kappa shape index (κ1) is 17.7. The largest absolute Gasteiger partial charge is 0.426 e. The van der Waals surface area contributed by atoms with Crippen LogP contribution in [0.4, 0.5) is 0 Å². The summed E-state index contributed by atoms with van der Waals surface area (Å²) < 4.78 is 31.4. The molecule has 2 aromatic rings. The van der Waals surface area contributed by atoms with Crippen molar-refractivity contribution in [3.8, 4) is 0 Å². The van der Waals surface area contributed by atoms with Crippen molar-refractivity contribution in [2.75, 3.05) is 0 Å². The van der Waals surface area contributed by atoms with Crippen molar-refractivity contribution in [1.29, 1.82) is 0 Å². The molecule has 0 aromatic heterocycles. The van der Waals surface area contributed by atoms with E-state index in [2.05, 4.69) is 0 Å². The topological polar surface area (TPSA) is 60.4 Å². The van der Waals surface area contributed by atoms with Crippen molar-refractivity contribution < 1.29 is 17.9 Å². The van der Waals surface area contributed by atoms with Gasteiger partial charge < -0.3 is 4.74 Å². The van der Waals surface area contributed by atoms with E-state index in [1.54, 1.807) is 36.4 Å². The predicted octanol–water partition coefficient (Wildman–Crippen LogP) is 3.99. The number of rotatable bonds is 5. The standard InChI is InChI=1S/C22H20O4S/c23-21-16-18(14-13-17-8-3-1-4-9-17)22(15-7-12-20(22)26-21)27(24,25)19-10-5-2-6-11-19/h1-6,8-12,16H,7,13-15H2. The third-order valence-electron chi connectivity index (χ3n) is 5.28. The number of esters is 1. The highest BCUT2D eigenvalue weighted by Gasteiger charge is 2.56. The zero-order chi connectivity index (χ0) is 18.9. The maximum absolute atomic E-state index is 13.6. The highest BCUT2D eigenvalue weighted by atomic mass is 32.2. The van der Waals surface area contributed by atoms with Crippen LogP contribution in [0.2, 0.25) is 0 Å². The molecule has 4 rings (SSSR count). The van der Waals surface area contributed by atoms with E-state index in [0.717, 1.165) is 5.56 Å². The fraction of sp³-hybridized carbons (Fsp3) is 0.227. The summed E-state index contributed by atoms with van der Waals surface area (Å²) in [7, 11) is -3.75. The van der Waals surface area contributed by atoms with Crippen molar-refractivity contribution in [3.05, 3.63) is 89.7 Å². The van der Waals surface area contributed by atoms with E-state index in [9.17, 15) is 13.2 Å². The molecule has 27 heavy (non-hydrogen) atoms. The Morgan fingerprint density at radius 3 is 2.30 bits per heavy atom. The first-order valence-electron chi connectivity index (χ1n) is 9.01. The Labute approximate surface area is 159 Å². The molecule has 0 bridgehead atoms. The van der Waals surface area contributed by atoms with Crippen LogP contribution < -0.4 is 0 Å². The fourth-order valence-corrected chi connectivity index (χ4v) is 6.17. The molecule has 0 spiro atoms. The Bertz CT molecular complexity index is 1020. The molecule has 0 radical (unpaired) electrons. The van der Waals surface area contributed by atoms with Gasteiger partial charge in [0.05, 0.1) is 4.90 Å². The molecule has 2 aliphatic rings. The molecule has 1 unspecified atom stereocenters. The Morgan fingerprint density at radius 2 is 1.59 bits per heavy atom. The van der Waals surface area contributed by atoms with Gasteiger partial charge in [-0.15, -0.1) is 0 Å². The van der Waals surface area contributed by atoms with Crippen LogP contribution in [0.15, 0.2) is 89.0 Å². The molecule has 2 aromatic carbocycles. The van der Waals surface area contributed by atoms with Crippen molar-refractivity contribution >= 4 is 15.8 Å². The second-order valence-corrected chi connectivity index (χ2v) is 9.00. The predicted molar refractivity (Wildman–Crippen MR) is 103 cm³/mol. The number of carbonyl (C=O) groups excluding carboxylic acids is 1. The molecule has 138 valence electrons. The lowest BCUT2D eigenvalue weighted by Gasteiger charge is -2.36. The smallest absolute Gasteiger partial charge is 0.335 e. The number of ether oxygens (including phenoxy) is 1. The maximum atomic E-state index is 13.6. The molecule has 0 amide bonds. The second kappa shape index (κ2) is 6.82. The minimum absolute atomic E-state index is 0.251. The van der Waals surface area contributed by atoms with E-state index < -0.39 is 20.6 Å².